The van der Waals surface area contributed by atoms with E-state index in [-0.39, 0.29) is 31.6 Å². The zero-order valence-corrected chi connectivity index (χ0v) is 18.4. The van der Waals surface area contributed by atoms with Crippen LogP contribution in [-0.2, 0) is 13.0 Å². The Morgan fingerprint density at radius 2 is 2.00 bits per heavy atom. The lowest BCUT2D eigenvalue weighted by Crippen LogP contribution is -2.33. The van der Waals surface area contributed by atoms with Crippen LogP contribution in [0.5, 0.6) is 6.01 Å². The van der Waals surface area contributed by atoms with E-state index in [1.54, 1.807) is 11.9 Å². The summed E-state index contributed by atoms with van der Waals surface area (Å²) in [5, 5.41) is 2.78. The highest BCUT2D eigenvalue weighted by Crippen LogP contribution is 2.36. The first kappa shape index (κ1) is 21.2. The van der Waals surface area contributed by atoms with Crippen LogP contribution in [0.1, 0.15) is 17.7 Å². The highest BCUT2D eigenvalue weighted by molar-refractivity contribution is 6.36. The van der Waals surface area contributed by atoms with Crippen LogP contribution >= 0.6 is 11.6 Å². The topological polar surface area (TPSA) is 67.5 Å². The van der Waals surface area contributed by atoms with Crippen LogP contribution in [0.3, 0.4) is 0 Å². The minimum atomic E-state index is -2.70. The summed E-state index contributed by atoms with van der Waals surface area (Å²) in [5.41, 5.74) is 8.92. The van der Waals surface area contributed by atoms with E-state index in [0.717, 1.165) is 34.3 Å². The van der Waals surface area contributed by atoms with Crippen molar-refractivity contribution in [1.82, 2.24) is 14.9 Å². The summed E-state index contributed by atoms with van der Waals surface area (Å²) in [6.45, 7) is 1.11. The average molecular weight is 460 g/mol. The van der Waals surface area contributed by atoms with Crippen molar-refractivity contribution in [1.29, 1.82) is 0 Å². The van der Waals surface area contributed by atoms with E-state index in [2.05, 4.69) is 20.9 Å². The van der Waals surface area contributed by atoms with Gasteiger partial charge in [0.2, 0.25) is 0 Å². The molecule has 3 heterocycles. The Bertz CT molecular complexity index is 1170. The van der Waals surface area contributed by atoms with E-state index in [1.165, 1.54) is 0 Å². The Balaban J connectivity index is 1.38. The molecular formula is C23H24ClF2N5O. The number of rotatable bonds is 4. The van der Waals surface area contributed by atoms with Crippen LogP contribution in [0, 0.1) is 0 Å². The first-order valence-corrected chi connectivity index (χ1v) is 11.0. The Morgan fingerprint density at radius 1 is 1.22 bits per heavy atom. The predicted molar refractivity (Wildman–Crippen MR) is 122 cm³/mol. The average Bonchev–Trinajstić information content (AvgIpc) is 3.03. The number of anilines is 2. The fraction of sp³-hybridized carbons (Fsp3) is 0.391. The van der Waals surface area contributed by atoms with Gasteiger partial charge in [-0.2, -0.15) is 9.97 Å². The number of nitrogen functional groups attached to an aromatic ring is 1. The molecule has 6 nitrogen and oxygen atoms in total. The van der Waals surface area contributed by atoms with Crippen LogP contribution in [0.25, 0.3) is 10.8 Å². The molecule has 0 unspecified atom stereocenters. The molecule has 2 aliphatic rings. The highest BCUT2D eigenvalue weighted by atomic mass is 35.5. The van der Waals surface area contributed by atoms with Crippen molar-refractivity contribution in [3.63, 3.8) is 0 Å². The van der Waals surface area contributed by atoms with Crippen molar-refractivity contribution in [2.75, 3.05) is 37.4 Å². The fourth-order valence-electron chi connectivity index (χ4n) is 4.66. The number of benzene rings is 2. The maximum atomic E-state index is 13.6. The first-order chi connectivity index (χ1) is 15.3. The van der Waals surface area contributed by atoms with Gasteiger partial charge in [0.15, 0.2) is 0 Å². The Morgan fingerprint density at radius 3 is 2.75 bits per heavy atom. The van der Waals surface area contributed by atoms with Gasteiger partial charge >= 0.3 is 6.01 Å². The number of aromatic nitrogens is 2. The first-order valence-electron chi connectivity index (χ1n) is 10.6. The number of fused-ring (bicyclic) bond motifs is 2. The standard InChI is InChI=1S/C23H24ClF2N5O/c1-30-13-23(25,26)10-15(30)12-32-22-28-18-11-31(9-8-16(18)21(27)29-22)19-7-3-5-14-4-2-6-17(24)20(14)19/h2-7,15H,8-13H2,1H3,(H2,27,28,29)/t15-/m0/s1. The lowest BCUT2D eigenvalue weighted by Gasteiger charge is -2.31. The van der Waals surface area contributed by atoms with Gasteiger partial charge in [-0.25, -0.2) is 8.78 Å². The summed E-state index contributed by atoms with van der Waals surface area (Å²) in [5.74, 6) is -2.32. The summed E-state index contributed by atoms with van der Waals surface area (Å²) in [4.78, 5) is 12.7. The van der Waals surface area contributed by atoms with Crippen LogP contribution in [0.4, 0.5) is 20.3 Å². The maximum Gasteiger partial charge on any atom is 0.318 e. The van der Waals surface area contributed by atoms with E-state index >= 15 is 0 Å². The molecule has 32 heavy (non-hydrogen) atoms. The maximum absolute atomic E-state index is 13.6. The molecular weight excluding hydrogens is 436 g/mol. The second-order valence-electron chi connectivity index (χ2n) is 8.54. The van der Waals surface area contributed by atoms with E-state index in [1.807, 2.05) is 30.3 Å². The third-order valence-electron chi connectivity index (χ3n) is 6.29. The van der Waals surface area contributed by atoms with Crippen LogP contribution < -0.4 is 15.4 Å². The molecule has 2 N–H and O–H groups in total. The number of likely N-dealkylation sites (tertiary alicyclic amines) is 1. The lowest BCUT2D eigenvalue weighted by atomic mass is 10.0. The van der Waals surface area contributed by atoms with Crippen LogP contribution in [0.15, 0.2) is 36.4 Å². The molecule has 0 radical (unpaired) electrons. The minimum Gasteiger partial charge on any atom is -0.462 e. The predicted octanol–water partition coefficient (Wildman–Crippen LogP) is 4.15. The fourth-order valence-corrected chi connectivity index (χ4v) is 4.94. The summed E-state index contributed by atoms with van der Waals surface area (Å²) in [6.07, 6.45) is 0.458. The normalized spacial score (nSPS) is 20.5. The molecule has 0 spiro atoms. The smallest absolute Gasteiger partial charge is 0.318 e. The number of halogens is 3. The quantitative estimate of drug-likeness (QED) is 0.632. The largest absolute Gasteiger partial charge is 0.462 e. The van der Waals surface area contributed by atoms with Crippen molar-refractivity contribution < 1.29 is 13.5 Å². The van der Waals surface area contributed by atoms with Gasteiger partial charge in [-0.05, 0) is 31.0 Å². The summed E-state index contributed by atoms with van der Waals surface area (Å²) < 4.78 is 33.0. The third-order valence-corrected chi connectivity index (χ3v) is 6.61. The number of hydrogen-bond acceptors (Lipinski definition) is 6. The second-order valence-corrected chi connectivity index (χ2v) is 8.95. The van der Waals surface area contributed by atoms with E-state index in [0.29, 0.717) is 23.8 Å². The number of nitrogens with two attached hydrogens (primary N) is 1. The molecule has 2 aromatic carbocycles. The van der Waals surface area contributed by atoms with Crippen LogP contribution in [0.2, 0.25) is 5.02 Å². The molecule has 1 fully saturated rings. The van der Waals surface area contributed by atoms with Gasteiger partial charge in [0.1, 0.15) is 12.4 Å². The van der Waals surface area contributed by atoms with Gasteiger partial charge in [0.05, 0.1) is 23.8 Å². The highest BCUT2D eigenvalue weighted by Gasteiger charge is 2.43. The molecule has 1 aromatic heterocycles. The summed E-state index contributed by atoms with van der Waals surface area (Å²) >= 11 is 6.52. The summed E-state index contributed by atoms with van der Waals surface area (Å²) in [7, 11) is 1.67. The van der Waals surface area contributed by atoms with Gasteiger partial charge in [-0.3, -0.25) is 4.90 Å². The number of alkyl halides is 2. The van der Waals surface area contributed by atoms with Gasteiger partial charge in [0.25, 0.3) is 5.92 Å². The molecule has 168 valence electrons. The molecule has 1 saturated heterocycles. The Labute approximate surface area is 189 Å². The molecule has 0 saturated carbocycles. The summed E-state index contributed by atoms with van der Waals surface area (Å²) in [6, 6.07) is 11.7. The SMILES string of the molecule is CN1CC(F)(F)C[C@H]1COc1nc(N)c2c(n1)CN(c1cccc3cccc(Cl)c13)CC2. The van der Waals surface area contributed by atoms with E-state index in [9.17, 15) is 8.78 Å². The molecule has 9 heteroatoms. The number of ether oxygens (including phenoxy) is 1. The van der Waals surface area contributed by atoms with Gasteiger partial charge in [-0.1, -0.05) is 35.9 Å². The van der Waals surface area contributed by atoms with Crippen molar-refractivity contribution in [2.45, 2.75) is 31.4 Å². The molecule has 0 aliphatic carbocycles. The Hall–Kier alpha value is -2.71. The third kappa shape index (κ3) is 3.93. The molecule has 0 bridgehead atoms. The molecule has 1 atom stereocenters. The monoisotopic (exact) mass is 459 g/mol. The molecule has 5 rings (SSSR count). The number of nitrogens with zero attached hydrogens (tertiary/aromatic N) is 4. The molecule has 2 aliphatic heterocycles. The number of hydrogen-bond donors (Lipinski definition) is 1. The van der Waals surface area contributed by atoms with E-state index < -0.39 is 5.92 Å². The van der Waals surface area contributed by atoms with Gasteiger partial charge in [0, 0.05) is 35.6 Å². The van der Waals surface area contributed by atoms with Gasteiger partial charge < -0.3 is 15.4 Å². The van der Waals surface area contributed by atoms with E-state index in [4.69, 9.17) is 22.1 Å². The van der Waals surface area contributed by atoms with Crippen molar-refractivity contribution >= 4 is 33.9 Å². The van der Waals surface area contributed by atoms with Crippen molar-refractivity contribution in [2.24, 2.45) is 0 Å². The Kier molecular flexibility index (Phi) is 5.29. The number of likely N-dealkylation sites (N-methyl/N-ethyl adjacent to an activating group) is 1. The lowest BCUT2D eigenvalue weighted by molar-refractivity contribution is 0.0136. The van der Waals surface area contributed by atoms with Crippen LogP contribution in [-0.4, -0.2) is 53.6 Å². The van der Waals surface area contributed by atoms with Gasteiger partial charge in [-0.15, -0.1) is 0 Å². The zero-order chi connectivity index (χ0) is 22.5. The van der Waals surface area contributed by atoms with Crippen molar-refractivity contribution in [3.8, 4) is 6.01 Å². The second kappa shape index (κ2) is 8.01. The minimum absolute atomic E-state index is 0.0902. The zero-order valence-electron chi connectivity index (χ0n) is 17.7. The molecule has 3 aromatic rings. The molecule has 0 amide bonds. The van der Waals surface area contributed by atoms with Crippen molar-refractivity contribution in [3.05, 3.63) is 52.7 Å².